The van der Waals surface area contributed by atoms with Crippen LogP contribution in [0.3, 0.4) is 0 Å². The Morgan fingerprint density at radius 1 is 1.10 bits per heavy atom. The van der Waals surface area contributed by atoms with Crippen LogP contribution in [0, 0.1) is 10.1 Å². The first-order chi connectivity index (χ1) is 18.6. The summed E-state index contributed by atoms with van der Waals surface area (Å²) in [6.07, 6.45) is 0.314. The van der Waals surface area contributed by atoms with Gasteiger partial charge in [-0.1, -0.05) is 35.3 Å². The lowest BCUT2D eigenvalue weighted by molar-refractivity contribution is -0.384. The molecule has 0 saturated carbocycles. The molecule has 39 heavy (non-hydrogen) atoms. The number of methoxy groups -OCH3 is 1. The summed E-state index contributed by atoms with van der Waals surface area (Å²) < 4.78 is 35.6. The molecule has 0 N–H and O–H groups in total. The average Bonchev–Trinajstić information content (AvgIpc) is 2.91. The average molecular weight is 591 g/mol. The van der Waals surface area contributed by atoms with Crippen molar-refractivity contribution >= 4 is 49.8 Å². The summed E-state index contributed by atoms with van der Waals surface area (Å²) in [4.78, 5) is 28.8. The van der Waals surface area contributed by atoms with E-state index in [2.05, 4.69) is 0 Å². The van der Waals surface area contributed by atoms with Crippen molar-refractivity contribution in [2.75, 3.05) is 20.3 Å². The molecule has 0 amide bonds. The van der Waals surface area contributed by atoms with Gasteiger partial charge in [-0.3, -0.25) is 19.5 Å². The number of ether oxygens (including phenoxy) is 1. The highest BCUT2D eigenvalue weighted by atomic mass is 35.5. The lowest BCUT2D eigenvalue weighted by Gasteiger charge is -2.29. The number of halogens is 2. The van der Waals surface area contributed by atoms with Crippen molar-refractivity contribution in [3.63, 3.8) is 0 Å². The molecule has 4 rings (SSSR count). The highest BCUT2D eigenvalue weighted by Gasteiger charge is 2.34. The number of hydrogen-bond acceptors (Lipinski definition) is 7. The summed E-state index contributed by atoms with van der Waals surface area (Å²) >= 11 is 12.0. The van der Waals surface area contributed by atoms with Crippen molar-refractivity contribution in [2.24, 2.45) is 0 Å². The van der Waals surface area contributed by atoms with E-state index in [0.29, 0.717) is 28.0 Å². The smallest absolute Gasteiger partial charge is 0.289 e. The van der Waals surface area contributed by atoms with Crippen LogP contribution < -0.4 is 5.56 Å². The van der Waals surface area contributed by atoms with Gasteiger partial charge in [0.25, 0.3) is 11.2 Å². The van der Waals surface area contributed by atoms with Crippen molar-refractivity contribution in [3.05, 3.63) is 103 Å². The first-order valence-electron chi connectivity index (χ1n) is 11.8. The van der Waals surface area contributed by atoms with E-state index in [-0.39, 0.29) is 34.5 Å². The van der Waals surface area contributed by atoms with Crippen LogP contribution in [0.2, 0.25) is 10.0 Å². The summed E-state index contributed by atoms with van der Waals surface area (Å²) in [7, 11) is -2.84. The molecule has 0 aliphatic rings. The molecule has 0 fully saturated rings. The zero-order valence-electron chi connectivity index (χ0n) is 21.0. The van der Waals surface area contributed by atoms with Gasteiger partial charge in [0.2, 0.25) is 10.0 Å². The molecule has 0 spiro atoms. The third-order valence-corrected chi connectivity index (χ3v) is 8.68. The zero-order chi connectivity index (χ0) is 28.3. The molecule has 4 aromatic rings. The molecule has 0 aliphatic carbocycles. The molecule has 3 aromatic carbocycles. The van der Waals surface area contributed by atoms with Crippen molar-refractivity contribution < 1.29 is 18.1 Å². The molecule has 204 valence electrons. The number of nitro groups is 1. The molecule has 10 nitrogen and oxygen atoms in total. The van der Waals surface area contributed by atoms with Gasteiger partial charge < -0.3 is 4.74 Å². The maximum Gasteiger partial charge on any atom is 0.289 e. The van der Waals surface area contributed by atoms with Crippen LogP contribution in [0.5, 0.6) is 0 Å². The van der Waals surface area contributed by atoms with Crippen LogP contribution in [0.1, 0.15) is 25.2 Å². The number of para-hydroxylation sites is 1. The summed E-state index contributed by atoms with van der Waals surface area (Å²) in [6, 6.07) is 15.6. The second-order valence-corrected chi connectivity index (χ2v) is 11.3. The molecule has 13 heteroatoms. The van der Waals surface area contributed by atoms with Gasteiger partial charge in [-0.2, -0.15) is 4.31 Å². The number of rotatable bonds is 10. The molecule has 0 radical (unpaired) electrons. The maximum absolute atomic E-state index is 14.0. The minimum absolute atomic E-state index is 0.0168. The quantitative estimate of drug-likeness (QED) is 0.138. The highest BCUT2D eigenvalue weighted by molar-refractivity contribution is 7.89. The van der Waals surface area contributed by atoms with E-state index in [0.717, 1.165) is 10.4 Å². The standard InChI is InChI=1S/C26H24Cl2N4O6S/c1-17(30(14-5-15-38-2)39(36,37)20-12-13-22(28)24(16-20)32(34)35)25-29-23-7-4-3-6-21(23)26(33)31(25)19-10-8-18(27)9-11-19/h3-4,6-13,16-17H,5,14-15H2,1-2H3. The SMILES string of the molecule is COCCCN(C(C)c1nc2ccccc2c(=O)n1-c1ccc(Cl)cc1)S(=O)(=O)c1ccc(Cl)c([N+](=O)[O-])c1. The summed E-state index contributed by atoms with van der Waals surface area (Å²) in [6.45, 7) is 1.85. The van der Waals surface area contributed by atoms with Crippen LogP contribution in [-0.2, 0) is 14.8 Å². The minimum atomic E-state index is -4.34. The molecule has 1 atom stereocenters. The van der Waals surface area contributed by atoms with Crippen LogP contribution in [0.4, 0.5) is 5.69 Å². The van der Waals surface area contributed by atoms with Crippen molar-refractivity contribution in [1.82, 2.24) is 13.9 Å². The van der Waals surface area contributed by atoms with Crippen molar-refractivity contribution in [3.8, 4) is 5.69 Å². The third-order valence-electron chi connectivity index (χ3n) is 6.14. The summed E-state index contributed by atoms with van der Waals surface area (Å²) in [5.74, 6) is 0.158. The molecular weight excluding hydrogens is 567 g/mol. The van der Waals surface area contributed by atoms with Crippen molar-refractivity contribution in [2.45, 2.75) is 24.3 Å². The number of sulfonamides is 1. The Labute approximate surface area is 234 Å². The summed E-state index contributed by atoms with van der Waals surface area (Å²) in [5, 5.41) is 12.1. The van der Waals surface area contributed by atoms with E-state index in [1.807, 2.05) is 0 Å². The van der Waals surface area contributed by atoms with Crippen molar-refractivity contribution in [1.29, 1.82) is 0 Å². The molecule has 1 heterocycles. The lowest BCUT2D eigenvalue weighted by atomic mass is 10.2. The number of hydrogen-bond donors (Lipinski definition) is 0. The number of nitro benzene ring substituents is 1. The Hall–Kier alpha value is -3.35. The second kappa shape index (κ2) is 11.8. The van der Waals surface area contributed by atoms with E-state index in [4.69, 9.17) is 32.9 Å². The first kappa shape index (κ1) is 28.7. The number of aromatic nitrogens is 2. The van der Waals surface area contributed by atoms with E-state index < -0.39 is 26.7 Å². The fraction of sp³-hybridized carbons (Fsp3) is 0.231. The predicted molar refractivity (Wildman–Crippen MR) is 149 cm³/mol. The Morgan fingerprint density at radius 3 is 2.46 bits per heavy atom. The number of nitrogens with zero attached hydrogens (tertiary/aromatic N) is 4. The number of benzene rings is 3. The molecule has 0 bridgehead atoms. The third kappa shape index (κ3) is 5.82. The molecule has 0 aliphatic heterocycles. The van der Waals surface area contributed by atoms with E-state index in [1.165, 1.54) is 23.8 Å². The van der Waals surface area contributed by atoms with E-state index >= 15 is 0 Å². The normalized spacial score (nSPS) is 12.6. The molecular formula is C26H24Cl2N4O6S. The Bertz CT molecular complexity index is 1690. The monoisotopic (exact) mass is 590 g/mol. The Morgan fingerprint density at radius 2 is 1.79 bits per heavy atom. The van der Waals surface area contributed by atoms with Crippen LogP contribution >= 0.6 is 23.2 Å². The second-order valence-electron chi connectivity index (χ2n) is 8.61. The highest BCUT2D eigenvalue weighted by Crippen LogP contribution is 2.33. The number of fused-ring (bicyclic) bond motifs is 1. The van der Waals surface area contributed by atoms with Gasteiger partial charge in [-0.15, -0.1) is 0 Å². The molecule has 0 saturated heterocycles. The van der Waals surface area contributed by atoms with E-state index in [9.17, 15) is 23.3 Å². The fourth-order valence-electron chi connectivity index (χ4n) is 4.21. The maximum atomic E-state index is 14.0. The zero-order valence-corrected chi connectivity index (χ0v) is 23.3. The minimum Gasteiger partial charge on any atom is -0.385 e. The van der Waals surface area contributed by atoms with Gasteiger partial charge in [-0.05, 0) is 61.9 Å². The fourth-order valence-corrected chi connectivity index (χ4v) is 6.18. The van der Waals surface area contributed by atoms with Gasteiger partial charge in [0.15, 0.2) is 0 Å². The van der Waals surface area contributed by atoms with Crippen LogP contribution in [0.25, 0.3) is 16.6 Å². The van der Waals surface area contributed by atoms with Crippen LogP contribution in [0.15, 0.2) is 76.4 Å². The van der Waals surface area contributed by atoms with Gasteiger partial charge in [-0.25, -0.2) is 13.4 Å². The molecule has 1 aromatic heterocycles. The first-order valence-corrected chi connectivity index (χ1v) is 14.0. The molecule has 1 unspecified atom stereocenters. The predicted octanol–water partition coefficient (Wildman–Crippen LogP) is 5.39. The summed E-state index contributed by atoms with van der Waals surface area (Å²) in [5.41, 5.74) is -0.0860. The largest absolute Gasteiger partial charge is 0.385 e. The van der Waals surface area contributed by atoms with Gasteiger partial charge in [0, 0.05) is 31.4 Å². The lowest BCUT2D eigenvalue weighted by Crippen LogP contribution is -2.38. The van der Waals surface area contributed by atoms with Gasteiger partial charge in [0.1, 0.15) is 10.8 Å². The van der Waals surface area contributed by atoms with Gasteiger partial charge in [0.05, 0.1) is 32.5 Å². The topological polar surface area (TPSA) is 125 Å². The Kier molecular flexibility index (Phi) is 8.67. The Balaban J connectivity index is 1.94. The van der Waals surface area contributed by atoms with Gasteiger partial charge >= 0.3 is 0 Å². The van der Waals surface area contributed by atoms with Crippen LogP contribution in [-0.4, -0.2) is 47.5 Å². The van der Waals surface area contributed by atoms with E-state index in [1.54, 1.807) is 55.5 Å².